The molecule has 0 saturated carbocycles. The molecule has 27 heavy (non-hydrogen) atoms. The lowest BCUT2D eigenvalue weighted by molar-refractivity contribution is -0.384. The molecule has 0 atom stereocenters. The van der Waals surface area contributed by atoms with Crippen molar-refractivity contribution in [1.29, 1.82) is 0 Å². The van der Waals surface area contributed by atoms with Gasteiger partial charge in [-0.05, 0) is 18.6 Å². The summed E-state index contributed by atoms with van der Waals surface area (Å²) in [6.45, 7) is 0.596. The van der Waals surface area contributed by atoms with Crippen LogP contribution in [0.25, 0.3) is 11.3 Å². The lowest BCUT2D eigenvalue weighted by Crippen LogP contribution is -2.13. The molecule has 0 spiro atoms. The van der Waals surface area contributed by atoms with E-state index >= 15 is 0 Å². The van der Waals surface area contributed by atoms with Crippen molar-refractivity contribution in [3.8, 4) is 11.3 Å². The van der Waals surface area contributed by atoms with Crippen LogP contribution in [0.4, 0.5) is 16.5 Å². The smallest absolute Gasteiger partial charge is 0.269 e. The summed E-state index contributed by atoms with van der Waals surface area (Å²) in [5.74, 6) is -0.0885. The molecule has 1 heterocycles. The van der Waals surface area contributed by atoms with E-state index in [2.05, 4.69) is 15.6 Å². The van der Waals surface area contributed by atoms with Crippen LogP contribution in [0.1, 0.15) is 12.8 Å². The first-order chi connectivity index (χ1) is 13.1. The van der Waals surface area contributed by atoms with Gasteiger partial charge in [0.2, 0.25) is 5.91 Å². The second kappa shape index (κ2) is 8.91. The number of carbonyl (C=O) groups excluding carboxylic acids is 1. The number of thiazole rings is 1. The van der Waals surface area contributed by atoms with Crippen LogP contribution >= 0.6 is 11.3 Å². The molecule has 3 rings (SSSR count). The van der Waals surface area contributed by atoms with Crippen LogP contribution in [0.15, 0.2) is 60.0 Å². The van der Waals surface area contributed by atoms with E-state index in [1.165, 1.54) is 23.5 Å². The van der Waals surface area contributed by atoms with Crippen molar-refractivity contribution < 1.29 is 9.72 Å². The molecule has 0 fully saturated rings. The normalized spacial score (nSPS) is 10.4. The monoisotopic (exact) mass is 382 g/mol. The molecule has 3 aromatic rings. The second-order valence-electron chi connectivity index (χ2n) is 5.79. The minimum atomic E-state index is -0.435. The highest BCUT2D eigenvalue weighted by atomic mass is 32.1. The van der Waals surface area contributed by atoms with E-state index in [1.807, 2.05) is 35.7 Å². The van der Waals surface area contributed by atoms with E-state index in [4.69, 9.17) is 0 Å². The van der Waals surface area contributed by atoms with Gasteiger partial charge in [0.25, 0.3) is 5.69 Å². The van der Waals surface area contributed by atoms with Crippen molar-refractivity contribution in [3.63, 3.8) is 0 Å². The third-order valence-electron chi connectivity index (χ3n) is 3.81. The number of benzene rings is 2. The molecular weight excluding hydrogens is 364 g/mol. The van der Waals surface area contributed by atoms with Gasteiger partial charge in [-0.15, -0.1) is 11.3 Å². The maximum Gasteiger partial charge on any atom is 0.269 e. The van der Waals surface area contributed by atoms with Crippen molar-refractivity contribution in [3.05, 3.63) is 70.1 Å². The Morgan fingerprint density at radius 2 is 1.85 bits per heavy atom. The summed E-state index contributed by atoms with van der Waals surface area (Å²) in [6, 6.07) is 16.0. The lowest BCUT2D eigenvalue weighted by Gasteiger charge is -2.06. The topological polar surface area (TPSA) is 97.2 Å². The maximum atomic E-state index is 12.0. The van der Waals surface area contributed by atoms with Gasteiger partial charge in [0.1, 0.15) is 0 Å². The van der Waals surface area contributed by atoms with E-state index < -0.39 is 4.92 Å². The number of carbonyl (C=O) groups is 1. The molecule has 1 amide bonds. The van der Waals surface area contributed by atoms with Gasteiger partial charge in [-0.3, -0.25) is 14.9 Å². The zero-order valence-electron chi connectivity index (χ0n) is 14.4. The number of nitrogens with one attached hydrogen (secondary N) is 2. The molecule has 0 aliphatic heterocycles. The van der Waals surface area contributed by atoms with Gasteiger partial charge in [-0.25, -0.2) is 4.98 Å². The Balaban J connectivity index is 1.41. The van der Waals surface area contributed by atoms with Gasteiger partial charge in [-0.1, -0.05) is 30.3 Å². The highest BCUT2D eigenvalue weighted by Crippen LogP contribution is 2.24. The predicted octanol–water partition coefficient (Wildman–Crippen LogP) is 4.55. The van der Waals surface area contributed by atoms with Gasteiger partial charge in [0.15, 0.2) is 5.13 Å². The van der Waals surface area contributed by atoms with Crippen LogP contribution in [0.5, 0.6) is 0 Å². The number of hydrogen-bond donors (Lipinski definition) is 2. The van der Waals surface area contributed by atoms with Crippen molar-refractivity contribution in [2.24, 2.45) is 0 Å². The van der Waals surface area contributed by atoms with Gasteiger partial charge >= 0.3 is 0 Å². The van der Waals surface area contributed by atoms with Crippen LogP contribution in [0.2, 0.25) is 0 Å². The Morgan fingerprint density at radius 1 is 1.11 bits per heavy atom. The number of anilines is 2. The van der Waals surface area contributed by atoms with Crippen molar-refractivity contribution in [2.45, 2.75) is 12.8 Å². The predicted molar refractivity (Wildman–Crippen MR) is 107 cm³/mol. The minimum Gasteiger partial charge on any atom is -0.385 e. The first-order valence-corrected chi connectivity index (χ1v) is 9.29. The Kier molecular flexibility index (Phi) is 6.11. The fraction of sp³-hybridized carbons (Fsp3) is 0.158. The summed E-state index contributed by atoms with van der Waals surface area (Å²) >= 11 is 1.40. The van der Waals surface area contributed by atoms with Crippen LogP contribution in [0, 0.1) is 10.1 Å². The van der Waals surface area contributed by atoms with Crippen LogP contribution < -0.4 is 10.6 Å². The second-order valence-corrected chi connectivity index (χ2v) is 6.64. The number of amides is 1. The standard InChI is InChI=1S/C19H18N4O3S/c24-18(7-4-12-20-15-8-10-16(11-9-15)23(25)26)22-19-21-17(13-27-19)14-5-2-1-3-6-14/h1-3,5-6,8-11,13,20H,4,7,12H2,(H,21,22,24). The number of hydrogen-bond acceptors (Lipinski definition) is 6. The molecule has 0 bridgehead atoms. The molecule has 1 aromatic heterocycles. The zero-order chi connectivity index (χ0) is 19.1. The summed E-state index contributed by atoms with van der Waals surface area (Å²) < 4.78 is 0. The summed E-state index contributed by atoms with van der Waals surface area (Å²) in [4.78, 5) is 26.7. The largest absolute Gasteiger partial charge is 0.385 e. The quantitative estimate of drug-likeness (QED) is 0.338. The molecule has 0 unspecified atom stereocenters. The number of nitro benzene ring substituents is 1. The fourth-order valence-corrected chi connectivity index (χ4v) is 3.17. The van der Waals surface area contributed by atoms with E-state index in [1.54, 1.807) is 12.1 Å². The van der Waals surface area contributed by atoms with Crippen molar-refractivity contribution in [1.82, 2.24) is 4.98 Å². The molecule has 138 valence electrons. The first-order valence-electron chi connectivity index (χ1n) is 8.41. The zero-order valence-corrected chi connectivity index (χ0v) is 15.2. The molecule has 0 aliphatic rings. The van der Waals surface area contributed by atoms with Gasteiger partial charge in [-0.2, -0.15) is 0 Å². The average molecular weight is 382 g/mol. The van der Waals surface area contributed by atoms with Crippen LogP contribution in [-0.2, 0) is 4.79 Å². The minimum absolute atomic E-state index is 0.0539. The summed E-state index contributed by atoms with van der Waals surface area (Å²) in [6.07, 6.45) is 1.000. The van der Waals surface area contributed by atoms with E-state index in [0.717, 1.165) is 16.9 Å². The van der Waals surface area contributed by atoms with E-state index in [0.29, 0.717) is 24.5 Å². The summed E-state index contributed by atoms with van der Waals surface area (Å²) in [7, 11) is 0. The SMILES string of the molecule is O=C(CCCNc1ccc([N+](=O)[O-])cc1)Nc1nc(-c2ccccc2)cs1. The lowest BCUT2D eigenvalue weighted by atomic mass is 10.2. The van der Waals surface area contributed by atoms with Crippen LogP contribution in [-0.4, -0.2) is 22.4 Å². The molecule has 0 radical (unpaired) electrons. The molecule has 0 saturated heterocycles. The van der Waals surface area contributed by atoms with Gasteiger partial charge in [0, 0.05) is 41.7 Å². The Labute approximate surface area is 160 Å². The molecule has 8 heteroatoms. The molecule has 7 nitrogen and oxygen atoms in total. The first kappa shape index (κ1) is 18.5. The van der Waals surface area contributed by atoms with Crippen molar-refractivity contribution in [2.75, 3.05) is 17.2 Å². The molecule has 2 aromatic carbocycles. The number of rotatable bonds is 8. The Bertz CT molecular complexity index is 910. The van der Waals surface area contributed by atoms with E-state index in [-0.39, 0.29) is 11.6 Å². The Hall–Kier alpha value is -3.26. The maximum absolute atomic E-state index is 12.0. The number of nitrogens with zero attached hydrogens (tertiary/aromatic N) is 2. The third-order valence-corrected chi connectivity index (χ3v) is 4.57. The Morgan fingerprint density at radius 3 is 2.56 bits per heavy atom. The van der Waals surface area contributed by atoms with Gasteiger partial charge < -0.3 is 10.6 Å². The fourth-order valence-electron chi connectivity index (χ4n) is 2.44. The molecule has 0 aliphatic carbocycles. The number of nitro groups is 1. The average Bonchev–Trinajstić information content (AvgIpc) is 3.15. The summed E-state index contributed by atoms with van der Waals surface area (Å²) in [5.41, 5.74) is 2.70. The highest BCUT2D eigenvalue weighted by molar-refractivity contribution is 7.14. The van der Waals surface area contributed by atoms with E-state index in [9.17, 15) is 14.9 Å². The number of aromatic nitrogens is 1. The molecule has 2 N–H and O–H groups in total. The third kappa shape index (κ3) is 5.35. The van der Waals surface area contributed by atoms with Crippen LogP contribution in [0.3, 0.4) is 0 Å². The van der Waals surface area contributed by atoms with Gasteiger partial charge in [0.05, 0.1) is 10.6 Å². The van der Waals surface area contributed by atoms with Crippen molar-refractivity contribution >= 4 is 33.8 Å². The highest BCUT2D eigenvalue weighted by Gasteiger charge is 2.08. The summed E-state index contributed by atoms with van der Waals surface area (Å²) in [5, 5.41) is 19.1. The molecular formula is C19H18N4O3S. The number of non-ortho nitro benzene ring substituents is 1.